The number of hydrogen-bond acceptors (Lipinski definition) is 0. The highest BCUT2D eigenvalue weighted by molar-refractivity contribution is 5.07. The Morgan fingerprint density at radius 3 is 1.41 bits per heavy atom. The van der Waals surface area contributed by atoms with Gasteiger partial charge in [-0.2, -0.15) is 13.2 Å². The second-order valence-corrected chi connectivity index (χ2v) is 5.18. The molecule has 0 radical (unpaired) electrons. The second kappa shape index (κ2) is 4.35. The summed E-state index contributed by atoms with van der Waals surface area (Å²) < 4.78 is 79.8. The molecule has 104 valence electrons. The van der Waals surface area contributed by atoms with Crippen LogP contribution in [0.3, 0.4) is 0 Å². The molecular weight excluding hydrogens is 246 g/mol. The highest BCUT2D eigenvalue weighted by Crippen LogP contribution is 2.57. The fourth-order valence-electron chi connectivity index (χ4n) is 1.58. The Morgan fingerprint density at radius 2 is 1.24 bits per heavy atom. The second-order valence-electron chi connectivity index (χ2n) is 5.18. The summed E-state index contributed by atoms with van der Waals surface area (Å²) in [5.74, 6) is -6.34. The van der Waals surface area contributed by atoms with Crippen molar-refractivity contribution in [2.45, 2.75) is 58.8 Å². The summed E-state index contributed by atoms with van der Waals surface area (Å²) in [5, 5.41) is 0. The van der Waals surface area contributed by atoms with Gasteiger partial charge >= 0.3 is 6.18 Å². The molecule has 1 unspecified atom stereocenters. The molecule has 17 heavy (non-hydrogen) atoms. The molecule has 0 saturated carbocycles. The molecule has 0 nitrogen and oxygen atoms in total. The normalized spacial score (nSPS) is 18.4. The van der Waals surface area contributed by atoms with E-state index in [1.165, 1.54) is 6.92 Å². The molecule has 0 aromatic rings. The van der Waals surface area contributed by atoms with Gasteiger partial charge in [0.15, 0.2) is 0 Å². The molecule has 0 bridgehead atoms. The number of rotatable bonds is 4. The first-order chi connectivity index (χ1) is 7.25. The molecule has 0 amide bonds. The third-order valence-electron chi connectivity index (χ3n) is 3.40. The predicted molar refractivity (Wildman–Crippen MR) is 53.8 cm³/mol. The van der Waals surface area contributed by atoms with Crippen molar-refractivity contribution in [1.82, 2.24) is 0 Å². The van der Waals surface area contributed by atoms with Crippen molar-refractivity contribution in [3.63, 3.8) is 0 Å². The van der Waals surface area contributed by atoms with E-state index in [1.807, 2.05) is 0 Å². The predicted octanol–water partition coefficient (Wildman–Crippen LogP) is 4.98. The van der Waals surface area contributed by atoms with E-state index >= 15 is 0 Å². The van der Waals surface area contributed by atoms with Gasteiger partial charge < -0.3 is 0 Å². The molecule has 0 aromatic carbocycles. The molecule has 0 aliphatic rings. The van der Waals surface area contributed by atoms with Gasteiger partial charge in [0.1, 0.15) is 0 Å². The van der Waals surface area contributed by atoms with E-state index in [9.17, 15) is 26.3 Å². The van der Waals surface area contributed by atoms with E-state index in [-0.39, 0.29) is 6.42 Å². The number of halogens is 6. The van der Waals surface area contributed by atoms with Gasteiger partial charge in [-0.25, -0.2) is 13.2 Å². The Bertz CT molecular complexity index is 266. The Kier molecular flexibility index (Phi) is 4.25. The quantitative estimate of drug-likeness (QED) is 0.628. The van der Waals surface area contributed by atoms with Crippen molar-refractivity contribution in [2.24, 2.45) is 11.3 Å². The summed E-state index contributed by atoms with van der Waals surface area (Å²) >= 11 is 0. The zero-order chi connectivity index (χ0) is 14.3. The van der Waals surface area contributed by atoms with Gasteiger partial charge in [-0.1, -0.05) is 34.6 Å². The molecule has 0 heterocycles. The van der Waals surface area contributed by atoms with E-state index in [1.54, 1.807) is 0 Å². The molecule has 0 aromatic heterocycles. The summed E-state index contributed by atoms with van der Waals surface area (Å²) in [6.45, 7) is 4.82. The molecule has 0 saturated heterocycles. The van der Waals surface area contributed by atoms with Crippen LogP contribution in [0.2, 0.25) is 0 Å². The topological polar surface area (TPSA) is 0 Å². The van der Waals surface area contributed by atoms with E-state index < -0.39 is 29.1 Å². The molecule has 1 atom stereocenters. The van der Waals surface area contributed by atoms with Crippen LogP contribution in [0.5, 0.6) is 0 Å². The average Bonchev–Trinajstić information content (AvgIpc) is 2.13. The first kappa shape index (κ1) is 16.6. The lowest BCUT2D eigenvalue weighted by Gasteiger charge is -2.45. The zero-order valence-electron chi connectivity index (χ0n) is 10.6. The largest absolute Gasteiger partial charge is 0.428 e. The van der Waals surface area contributed by atoms with Crippen LogP contribution >= 0.6 is 0 Å². The smallest absolute Gasteiger partial charge is 0.227 e. The molecule has 0 aliphatic carbocycles. The van der Waals surface area contributed by atoms with Crippen molar-refractivity contribution in [3.8, 4) is 0 Å². The average molecular weight is 264 g/mol. The maximum atomic E-state index is 14.0. The van der Waals surface area contributed by atoms with Gasteiger partial charge in [0.25, 0.3) is 11.6 Å². The van der Waals surface area contributed by atoms with E-state index in [0.29, 0.717) is 0 Å². The van der Waals surface area contributed by atoms with Crippen molar-refractivity contribution in [2.75, 3.05) is 0 Å². The fraction of sp³-hybridized carbons (Fsp3) is 1.00. The monoisotopic (exact) mass is 264 g/mol. The Balaban J connectivity index is 5.82. The van der Waals surface area contributed by atoms with Crippen LogP contribution in [0.25, 0.3) is 0 Å². The molecule has 0 N–H and O–H groups in total. The maximum absolute atomic E-state index is 14.0. The van der Waals surface area contributed by atoms with Gasteiger partial charge in [-0.15, -0.1) is 0 Å². The Morgan fingerprint density at radius 1 is 0.882 bits per heavy atom. The minimum atomic E-state index is -5.60. The molecular formula is C11H18F6. The maximum Gasteiger partial charge on any atom is 0.428 e. The van der Waals surface area contributed by atoms with Gasteiger partial charge in [0, 0.05) is 11.3 Å². The lowest BCUT2D eigenvalue weighted by atomic mass is 9.70. The van der Waals surface area contributed by atoms with Gasteiger partial charge in [0.2, 0.25) is 0 Å². The highest BCUT2D eigenvalue weighted by Gasteiger charge is 2.76. The zero-order valence-corrected chi connectivity index (χ0v) is 10.6. The molecule has 0 rings (SSSR count). The SMILES string of the molecule is CCC(C)(C)C(F)(F)C(F)(C(C)C)C(F)(F)F. The van der Waals surface area contributed by atoms with Gasteiger partial charge in [-0.05, 0) is 6.42 Å². The fourth-order valence-corrected chi connectivity index (χ4v) is 1.58. The van der Waals surface area contributed by atoms with Crippen LogP contribution in [-0.2, 0) is 0 Å². The standard InChI is InChI=1S/C11H18F6/c1-6-8(4,5)10(13,14)9(12,7(2)3)11(15,16)17/h7H,6H2,1-5H3. The Labute approximate surface area is 97.4 Å². The van der Waals surface area contributed by atoms with Crippen LogP contribution in [0.1, 0.15) is 41.0 Å². The first-order valence-electron chi connectivity index (χ1n) is 5.39. The molecule has 0 spiro atoms. The summed E-state index contributed by atoms with van der Waals surface area (Å²) in [5.41, 5.74) is -6.58. The third kappa shape index (κ3) is 2.27. The van der Waals surface area contributed by atoms with Crippen LogP contribution in [0.4, 0.5) is 26.3 Å². The summed E-state index contributed by atoms with van der Waals surface area (Å²) in [6.07, 6.45) is -5.86. The molecule has 0 fully saturated rings. The van der Waals surface area contributed by atoms with Crippen molar-refractivity contribution in [3.05, 3.63) is 0 Å². The number of alkyl halides is 6. The van der Waals surface area contributed by atoms with Crippen LogP contribution in [0.15, 0.2) is 0 Å². The first-order valence-corrected chi connectivity index (χ1v) is 5.39. The van der Waals surface area contributed by atoms with Crippen molar-refractivity contribution in [1.29, 1.82) is 0 Å². The van der Waals surface area contributed by atoms with E-state index in [4.69, 9.17) is 0 Å². The lowest BCUT2D eigenvalue weighted by molar-refractivity contribution is -0.342. The molecule has 6 heteroatoms. The Hall–Kier alpha value is -0.420. The summed E-state index contributed by atoms with van der Waals surface area (Å²) in [7, 11) is 0. The minimum Gasteiger partial charge on any atom is -0.227 e. The lowest BCUT2D eigenvalue weighted by Crippen LogP contribution is -2.64. The minimum absolute atomic E-state index is 0.255. The molecule has 0 aliphatic heterocycles. The van der Waals surface area contributed by atoms with Crippen molar-refractivity contribution < 1.29 is 26.3 Å². The van der Waals surface area contributed by atoms with Crippen LogP contribution in [0, 0.1) is 11.3 Å². The highest BCUT2D eigenvalue weighted by atomic mass is 19.4. The van der Waals surface area contributed by atoms with Crippen LogP contribution in [-0.4, -0.2) is 17.8 Å². The van der Waals surface area contributed by atoms with Gasteiger partial charge in [0.05, 0.1) is 0 Å². The number of hydrogen-bond donors (Lipinski definition) is 0. The van der Waals surface area contributed by atoms with E-state index in [2.05, 4.69) is 0 Å². The van der Waals surface area contributed by atoms with Gasteiger partial charge in [-0.3, -0.25) is 0 Å². The third-order valence-corrected chi connectivity index (χ3v) is 3.40. The van der Waals surface area contributed by atoms with Crippen molar-refractivity contribution >= 4 is 0 Å². The van der Waals surface area contributed by atoms with E-state index in [0.717, 1.165) is 27.7 Å². The van der Waals surface area contributed by atoms with Crippen LogP contribution < -0.4 is 0 Å². The summed E-state index contributed by atoms with van der Waals surface area (Å²) in [4.78, 5) is 0. The summed E-state index contributed by atoms with van der Waals surface area (Å²) in [6, 6.07) is 0.